The van der Waals surface area contributed by atoms with Gasteiger partial charge in [0.05, 0.1) is 24.3 Å². The van der Waals surface area contributed by atoms with Crippen LogP contribution in [0.25, 0.3) is 0 Å². The van der Waals surface area contributed by atoms with E-state index in [-0.39, 0.29) is 42.5 Å². The van der Waals surface area contributed by atoms with Crippen molar-refractivity contribution in [3.63, 3.8) is 0 Å². The molecule has 7 nitrogen and oxygen atoms in total. The first kappa shape index (κ1) is 25.7. The molecular formula is C21H28Cl2N4O3. The number of carbonyl (C=O) groups excluding carboxylic acids is 2. The van der Waals surface area contributed by atoms with Crippen molar-refractivity contribution in [2.24, 2.45) is 11.7 Å². The molecule has 0 aliphatic heterocycles. The summed E-state index contributed by atoms with van der Waals surface area (Å²) in [4.78, 5) is 29.0. The van der Waals surface area contributed by atoms with Crippen LogP contribution in [0.4, 0.5) is 11.4 Å². The maximum Gasteiger partial charge on any atom is 0.257 e. The Morgan fingerprint density at radius 3 is 2.60 bits per heavy atom. The molecule has 4 N–H and O–H groups in total. The third-order valence-corrected chi connectivity index (χ3v) is 5.21. The van der Waals surface area contributed by atoms with Gasteiger partial charge in [-0.05, 0) is 44.0 Å². The second-order valence-corrected chi connectivity index (χ2v) is 7.40. The Balaban J connectivity index is 0.00000225. The molecule has 1 heterocycles. The number of nitrogens with one attached hydrogen (secondary N) is 2. The van der Waals surface area contributed by atoms with E-state index in [1.165, 1.54) is 13.3 Å². The highest BCUT2D eigenvalue weighted by atomic mass is 35.5. The first-order valence-corrected chi connectivity index (χ1v) is 9.40. The Kier molecular flexibility index (Phi) is 9.55. The lowest BCUT2D eigenvalue weighted by atomic mass is 9.74. The van der Waals surface area contributed by atoms with Crippen molar-refractivity contribution in [2.45, 2.75) is 38.1 Å². The molecule has 9 heteroatoms. The van der Waals surface area contributed by atoms with Gasteiger partial charge in [-0.15, -0.1) is 24.8 Å². The van der Waals surface area contributed by atoms with Crippen LogP contribution in [-0.4, -0.2) is 29.4 Å². The number of hydrogen-bond donors (Lipinski definition) is 3. The fourth-order valence-electron chi connectivity index (χ4n) is 3.58. The molecule has 2 amide bonds. The highest BCUT2D eigenvalue weighted by molar-refractivity contribution is 6.05. The summed E-state index contributed by atoms with van der Waals surface area (Å²) in [6.45, 7) is 1.94. The van der Waals surface area contributed by atoms with E-state index >= 15 is 0 Å². The lowest BCUT2D eigenvalue weighted by Crippen LogP contribution is -2.51. The average molecular weight is 455 g/mol. The van der Waals surface area contributed by atoms with E-state index in [1.54, 1.807) is 36.5 Å². The summed E-state index contributed by atoms with van der Waals surface area (Å²) >= 11 is 0. The Morgan fingerprint density at radius 2 is 1.97 bits per heavy atom. The van der Waals surface area contributed by atoms with Crippen LogP contribution in [0.1, 0.15) is 43.0 Å². The third kappa shape index (κ3) is 6.08. The predicted molar refractivity (Wildman–Crippen MR) is 123 cm³/mol. The van der Waals surface area contributed by atoms with E-state index in [2.05, 4.69) is 15.6 Å². The zero-order valence-electron chi connectivity index (χ0n) is 17.0. The average Bonchev–Trinajstić information content (AvgIpc) is 2.69. The first-order valence-electron chi connectivity index (χ1n) is 9.40. The second-order valence-electron chi connectivity index (χ2n) is 7.40. The van der Waals surface area contributed by atoms with E-state index in [1.807, 2.05) is 6.92 Å². The maximum atomic E-state index is 12.7. The van der Waals surface area contributed by atoms with Gasteiger partial charge in [0, 0.05) is 29.7 Å². The molecule has 1 aromatic carbocycles. The van der Waals surface area contributed by atoms with Gasteiger partial charge in [-0.25, -0.2) is 0 Å². The van der Waals surface area contributed by atoms with Crippen molar-refractivity contribution in [3.8, 4) is 5.75 Å². The van der Waals surface area contributed by atoms with Gasteiger partial charge in [0.25, 0.3) is 5.91 Å². The van der Waals surface area contributed by atoms with Gasteiger partial charge in [-0.2, -0.15) is 0 Å². The largest absolute Gasteiger partial charge is 0.494 e. The maximum absolute atomic E-state index is 12.7. The monoisotopic (exact) mass is 454 g/mol. The van der Waals surface area contributed by atoms with Crippen LogP contribution < -0.4 is 21.1 Å². The summed E-state index contributed by atoms with van der Waals surface area (Å²) in [6.07, 6.45) is 6.78. The number of benzene rings is 1. The van der Waals surface area contributed by atoms with Crippen LogP contribution in [-0.2, 0) is 4.79 Å². The minimum absolute atomic E-state index is 0. The number of rotatable bonds is 5. The quantitative estimate of drug-likeness (QED) is 0.631. The summed E-state index contributed by atoms with van der Waals surface area (Å²) in [5.74, 6) is -0.144. The molecular weight excluding hydrogens is 427 g/mol. The number of methoxy groups -OCH3 is 1. The summed E-state index contributed by atoms with van der Waals surface area (Å²) in [5, 5.41) is 5.73. The Hall–Kier alpha value is -2.35. The number of nitrogens with zero attached hydrogens (tertiary/aromatic N) is 1. The molecule has 164 valence electrons. The molecule has 1 saturated carbocycles. The molecule has 1 aliphatic rings. The van der Waals surface area contributed by atoms with Crippen LogP contribution in [0.3, 0.4) is 0 Å². The normalized spacial score (nSPS) is 20.2. The molecule has 0 bridgehead atoms. The zero-order chi connectivity index (χ0) is 20.1. The van der Waals surface area contributed by atoms with Gasteiger partial charge in [0.15, 0.2) is 0 Å². The summed E-state index contributed by atoms with van der Waals surface area (Å²) in [6, 6.07) is 8.49. The van der Waals surface area contributed by atoms with E-state index in [0.717, 1.165) is 25.7 Å². The van der Waals surface area contributed by atoms with E-state index in [9.17, 15) is 9.59 Å². The highest BCUT2D eigenvalue weighted by Crippen LogP contribution is 2.33. The number of ether oxygens (including phenoxy) is 1. The number of carbonyl (C=O) groups is 2. The summed E-state index contributed by atoms with van der Waals surface area (Å²) < 4.78 is 5.38. The van der Waals surface area contributed by atoms with E-state index in [4.69, 9.17) is 10.5 Å². The molecule has 1 aromatic heterocycles. The third-order valence-electron chi connectivity index (χ3n) is 5.21. The number of pyridine rings is 1. The van der Waals surface area contributed by atoms with Gasteiger partial charge in [0.1, 0.15) is 5.75 Å². The molecule has 2 aromatic rings. The van der Waals surface area contributed by atoms with Gasteiger partial charge in [-0.1, -0.05) is 12.8 Å². The van der Waals surface area contributed by atoms with E-state index < -0.39 is 5.54 Å². The Bertz CT molecular complexity index is 863. The molecule has 2 atom stereocenters. The molecule has 30 heavy (non-hydrogen) atoms. The number of anilines is 2. The minimum atomic E-state index is -0.496. The molecule has 3 rings (SSSR count). The standard InChI is InChI=1S/C21H26N4O3.2ClH/c1-21(22)10-4-3-7-16(21)20(27)24-15-8-9-17(18(12-15)28-2)25-19(26)14-6-5-11-23-13-14;;/h5-6,8-9,11-13,16H,3-4,7,10,22H2,1-2H3,(H,24,27)(H,25,26);2*1H. The van der Waals surface area contributed by atoms with Crippen LogP contribution in [0.2, 0.25) is 0 Å². The number of amides is 2. The second kappa shape index (κ2) is 11.2. The van der Waals surface area contributed by atoms with Crippen LogP contribution >= 0.6 is 24.8 Å². The molecule has 1 aliphatic carbocycles. The molecule has 0 radical (unpaired) electrons. The number of halogens is 2. The number of aromatic nitrogens is 1. The van der Waals surface area contributed by atoms with Gasteiger partial charge < -0.3 is 21.1 Å². The number of nitrogens with two attached hydrogens (primary N) is 1. The summed E-state index contributed by atoms with van der Waals surface area (Å²) in [7, 11) is 1.51. The Labute approximate surface area is 189 Å². The van der Waals surface area contributed by atoms with Crippen molar-refractivity contribution in [2.75, 3.05) is 17.7 Å². The zero-order valence-corrected chi connectivity index (χ0v) is 18.6. The van der Waals surface area contributed by atoms with Crippen LogP contribution in [0, 0.1) is 5.92 Å². The van der Waals surface area contributed by atoms with Crippen molar-refractivity contribution < 1.29 is 14.3 Å². The Morgan fingerprint density at radius 1 is 1.20 bits per heavy atom. The number of hydrogen-bond acceptors (Lipinski definition) is 5. The minimum Gasteiger partial charge on any atom is -0.494 e. The van der Waals surface area contributed by atoms with Crippen molar-refractivity contribution in [1.29, 1.82) is 0 Å². The molecule has 0 spiro atoms. The van der Waals surface area contributed by atoms with Crippen molar-refractivity contribution >= 4 is 48.0 Å². The first-order chi connectivity index (χ1) is 13.4. The fraction of sp³-hybridized carbons (Fsp3) is 0.381. The van der Waals surface area contributed by atoms with Crippen molar-refractivity contribution in [1.82, 2.24) is 4.98 Å². The molecule has 1 fully saturated rings. The van der Waals surface area contributed by atoms with Gasteiger partial charge >= 0.3 is 0 Å². The van der Waals surface area contributed by atoms with Gasteiger partial charge in [-0.3, -0.25) is 14.6 Å². The smallest absolute Gasteiger partial charge is 0.257 e. The topological polar surface area (TPSA) is 106 Å². The predicted octanol–water partition coefficient (Wildman–Crippen LogP) is 4.03. The summed E-state index contributed by atoms with van der Waals surface area (Å²) in [5.41, 5.74) is 7.39. The highest BCUT2D eigenvalue weighted by Gasteiger charge is 2.37. The van der Waals surface area contributed by atoms with Gasteiger partial charge in [0.2, 0.25) is 5.91 Å². The van der Waals surface area contributed by atoms with Crippen LogP contribution in [0.5, 0.6) is 5.75 Å². The molecule has 0 saturated heterocycles. The molecule has 2 unspecified atom stereocenters. The lowest BCUT2D eigenvalue weighted by Gasteiger charge is -2.37. The fourth-order valence-corrected chi connectivity index (χ4v) is 3.58. The van der Waals surface area contributed by atoms with E-state index in [0.29, 0.717) is 22.7 Å². The van der Waals surface area contributed by atoms with Crippen LogP contribution in [0.15, 0.2) is 42.7 Å². The van der Waals surface area contributed by atoms with Crippen molar-refractivity contribution in [3.05, 3.63) is 48.3 Å². The SMILES string of the molecule is COc1cc(NC(=O)C2CCCCC2(C)N)ccc1NC(=O)c1cccnc1.Cl.Cl. The lowest BCUT2D eigenvalue weighted by molar-refractivity contribution is -0.122.